The van der Waals surface area contributed by atoms with Crippen molar-refractivity contribution in [3.05, 3.63) is 71.3 Å². The Morgan fingerprint density at radius 1 is 0.926 bits per heavy atom. The summed E-state index contributed by atoms with van der Waals surface area (Å²) in [6, 6.07) is 16.5. The molecule has 0 aromatic heterocycles. The van der Waals surface area contributed by atoms with Crippen LogP contribution in [-0.2, 0) is 4.79 Å². The number of fused-ring (bicyclic) bond motifs is 1. The van der Waals surface area contributed by atoms with Gasteiger partial charge in [-0.1, -0.05) is 56.3 Å². The summed E-state index contributed by atoms with van der Waals surface area (Å²) in [6.45, 7) is 4.31. The van der Waals surface area contributed by atoms with Gasteiger partial charge < -0.3 is 5.32 Å². The van der Waals surface area contributed by atoms with E-state index < -0.39 is 0 Å². The number of carbonyl (C=O) groups is 3. The Labute approximate surface area is 159 Å². The van der Waals surface area contributed by atoms with Crippen LogP contribution < -0.4 is 5.32 Å². The van der Waals surface area contributed by atoms with Crippen LogP contribution in [0.1, 0.15) is 59.0 Å². The van der Waals surface area contributed by atoms with E-state index in [9.17, 15) is 14.4 Å². The number of amides is 3. The van der Waals surface area contributed by atoms with E-state index in [1.165, 1.54) is 0 Å². The molecule has 0 aliphatic carbocycles. The Hall–Kier alpha value is -2.95. The SMILES string of the molecule is CC(C)C[C@H](NC(=O)CCN1C(=O)c2ccccc2C1=O)c1ccccc1. The van der Waals surface area contributed by atoms with Gasteiger partial charge in [0.1, 0.15) is 0 Å². The Morgan fingerprint density at radius 3 is 2.04 bits per heavy atom. The summed E-state index contributed by atoms with van der Waals surface area (Å²) >= 11 is 0. The first-order valence-electron chi connectivity index (χ1n) is 9.27. The molecule has 0 radical (unpaired) electrons. The van der Waals surface area contributed by atoms with E-state index in [-0.39, 0.29) is 36.7 Å². The maximum Gasteiger partial charge on any atom is 0.261 e. The fourth-order valence-corrected chi connectivity index (χ4v) is 3.36. The number of nitrogens with zero attached hydrogens (tertiary/aromatic N) is 1. The number of hydrogen-bond acceptors (Lipinski definition) is 3. The van der Waals surface area contributed by atoms with Gasteiger partial charge in [-0.2, -0.15) is 0 Å². The van der Waals surface area contributed by atoms with E-state index in [2.05, 4.69) is 19.2 Å². The second kappa shape index (κ2) is 8.16. The monoisotopic (exact) mass is 364 g/mol. The number of hydrogen-bond donors (Lipinski definition) is 1. The van der Waals surface area contributed by atoms with Gasteiger partial charge >= 0.3 is 0 Å². The van der Waals surface area contributed by atoms with Gasteiger partial charge in [-0.15, -0.1) is 0 Å². The van der Waals surface area contributed by atoms with Gasteiger partial charge in [0.25, 0.3) is 11.8 Å². The first kappa shape index (κ1) is 18.8. The highest BCUT2D eigenvalue weighted by molar-refractivity contribution is 6.21. The topological polar surface area (TPSA) is 66.5 Å². The molecule has 1 heterocycles. The number of rotatable bonds is 7. The lowest BCUT2D eigenvalue weighted by atomic mass is 9.97. The van der Waals surface area contributed by atoms with Gasteiger partial charge in [-0.3, -0.25) is 19.3 Å². The summed E-state index contributed by atoms with van der Waals surface area (Å²) in [5.74, 6) is -0.400. The summed E-state index contributed by atoms with van der Waals surface area (Å²) < 4.78 is 0. The van der Waals surface area contributed by atoms with Crippen LogP contribution in [0.4, 0.5) is 0 Å². The van der Waals surface area contributed by atoms with Gasteiger partial charge in [0.2, 0.25) is 5.91 Å². The van der Waals surface area contributed by atoms with Crippen molar-refractivity contribution >= 4 is 17.7 Å². The van der Waals surface area contributed by atoms with E-state index in [1.54, 1.807) is 24.3 Å². The Morgan fingerprint density at radius 2 is 1.48 bits per heavy atom. The highest BCUT2D eigenvalue weighted by atomic mass is 16.2. The van der Waals surface area contributed by atoms with Crippen LogP contribution in [-0.4, -0.2) is 29.2 Å². The molecule has 140 valence electrons. The summed E-state index contributed by atoms with van der Waals surface area (Å²) in [6.07, 6.45) is 0.912. The van der Waals surface area contributed by atoms with Crippen molar-refractivity contribution in [3.8, 4) is 0 Å². The van der Waals surface area contributed by atoms with Crippen LogP contribution in [0.2, 0.25) is 0 Å². The second-order valence-corrected chi connectivity index (χ2v) is 7.22. The van der Waals surface area contributed by atoms with Crippen molar-refractivity contribution in [1.29, 1.82) is 0 Å². The highest BCUT2D eigenvalue weighted by Gasteiger charge is 2.35. The largest absolute Gasteiger partial charge is 0.349 e. The average Bonchev–Trinajstić information content (AvgIpc) is 2.91. The zero-order valence-corrected chi connectivity index (χ0v) is 15.6. The Balaban J connectivity index is 1.62. The normalized spacial score (nSPS) is 14.4. The van der Waals surface area contributed by atoms with E-state index in [0.29, 0.717) is 17.0 Å². The van der Waals surface area contributed by atoms with Crippen LogP contribution in [0.25, 0.3) is 0 Å². The summed E-state index contributed by atoms with van der Waals surface area (Å²) in [5, 5.41) is 3.05. The van der Waals surface area contributed by atoms with Gasteiger partial charge in [0.05, 0.1) is 17.2 Å². The van der Waals surface area contributed by atoms with Crippen molar-refractivity contribution < 1.29 is 14.4 Å². The van der Waals surface area contributed by atoms with Gasteiger partial charge in [0.15, 0.2) is 0 Å². The minimum absolute atomic E-state index is 0.0825. The van der Waals surface area contributed by atoms with Crippen LogP contribution in [0, 0.1) is 5.92 Å². The molecule has 3 rings (SSSR count). The maximum absolute atomic E-state index is 12.5. The molecule has 1 N–H and O–H groups in total. The summed E-state index contributed by atoms with van der Waals surface area (Å²) in [5.41, 5.74) is 1.87. The van der Waals surface area contributed by atoms with Crippen molar-refractivity contribution in [2.75, 3.05) is 6.54 Å². The molecule has 2 aromatic rings. The third-order valence-corrected chi connectivity index (χ3v) is 4.68. The molecule has 0 saturated heterocycles. The average molecular weight is 364 g/mol. The Bertz CT molecular complexity index is 811. The van der Waals surface area contributed by atoms with Gasteiger partial charge in [0, 0.05) is 13.0 Å². The molecule has 2 aromatic carbocycles. The molecule has 1 atom stereocenters. The molecular weight excluding hydrogens is 340 g/mol. The van der Waals surface area contributed by atoms with E-state index in [0.717, 1.165) is 16.9 Å². The number of nitrogens with one attached hydrogen (secondary N) is 1. The minimum Gasteiger partial charge on any atom is -0.349 e. The Kier molecular flexibility index (Phi) is 5.69. The molecule has 3 amide bonds. The minimum atomic E-state index is -0.329. The van der Waals surface area contributed by atoms with Gasteiger partial charge in [-0.05, 0) is 30.0 Å². The van der Waals surface area contributed by atoms with Crippen LogP contribution in [0.15, 0.2) is 54.6 Å². The predicted octanol–water partition coefficient (Wildman–Crippen LogP) is 3.58. The first-order chi connectivity index (χ1) is 13.0. The van der Waals surface area contributed by atoms with Crippen molar-refractivity contribution in [3.63, 3.8) is 0 Å². The van der Waals surface area contributed by atoms with Crippen LogP contribution in [0.5, 0.6) is 0 Å². The molecule has 0 fully saturated rings. The number of benzene rings is 2. The molecule has 0 spiro atoms. The second-order valence-electron chi connectivity index (χ2n) is 7.22. The molecule has 5 heteroatoms. The third-order valence-electron chi connectivity index (χ3n) is 4.68. The zero-order chi connectivity index (χ0) is 19.4. The maximum atomic E-state index is 12.5. The van der Waals surface area contributed by atoms with Crippen LogP contribution in [0.3, 0.4) is 0 Å². The lowest BCUT2D eigenvalue weighted by molar-refractivity contribution is -0.122. The quantitative estimate of drug-likeness (QED) is 0.764. The lowest BCUT2D eigenvalue weighted by Gasteiger charge is -2.22. The van der Waals surface area contributed by atoms with E-state index in [4.69, 9.17) is 0 Å². The predicted molar refractivity (Wildman–Crippen MR) is 103 cm³/mol. The molecule has 0 saturated carbocycles. The third kappa shape index (κ3) is 4.25. The number of imide groups is 1. The molecular formula is C22H24N2O3. The fourth-order valence-electron chi connectivity index (χ4n) is 3.36. The van der Waals surface area contributed by atoms with E-state index in [1.807, 2.05) is 30.3 Å². The number of carbonyl (C=O) groups excluding carboxylic acids is 3. The fraction of sp³-hybridized carbons (Fsp3) is 0.318. The van der Waals surface area contributed by atoms with Crippen molar-refractivity contribution in [1.82, 2.24) is 10.2 Å². The molecule has 27 heavy (non-hydrogen) atoms. The first-order valence-corrected chi connectivity index (χ1v) is 9.27. The standard InChI is InChI=1S/C22H24N2O3/c1-15(2)14-19(16-8-4-3-5-9-16)23-20(25)12-13-24-21(26)17-10-6-7-11-18(17)22(24)27/h3-11,15,19H,12-14H2,1-2H3,(H,23,25)/t19-/m0/s1. The highest BCUT2D eigenvalue weighted by Crippen LogP contribution is 2.23. The molecule has 5 nitrogen and oxygen atoms in total. The smallest absolute Gasteiger partial charge is 0.261 e. The van der Waals surface area contributed by atoms with E-state index >= 15 is 0 Å². The summed E-state index contributed by atoms with van der Waals surface area (Å²) in [7, 11) is 0. The van der Waals surface area contributed by atoms with Crippen molar-refractivity contribution in [2.24, 2.45) is 5.92 Å². The molecule has 1 aliphatic rings. The molecule has 0 unspecified atom stereocenters. The summed E-state index contributed by atoms with van der Waals surface area (Å²) in [4.78, 5) is 38.4. The molecule has 1 aliphatic heterocycles. The van der Waals surface area contributed by atoms with Crippen molar-refractivity contribution in [2.45, 2.75) is 32.7 Å². The zero-order valence-electron chi connectivity index (χ0n) is 15.6. The lowest BCUT2D eigenvalue weighted by Crippen LogP contribution is -2.36. The van der Waals surface area contributed by atoms with Gasteiger partial charge in [-0.25, -0.2) is 0 Å². The molecule has 0 bridgehead atoms. The van der Waals surface area contributed by atoms with Crippen LogP contribution >= 0.6 is 0 Å².